The lowest BCUT2D eigenvalue weighted by Crippen LogP contribution is -2.28. The largest absolute Gasteiger partial charge is 0.497 e. The molecule has 5 nitrogen and oxygen atoms in total. The van der Waals surface area contributed by atoms with Gasteiger partial charge in [-0.05, 0) is 24.6 Å². The van der Waals surface area contributed by atoms with Crippen LogP contribution in [0.5, 0.6) is 5.75 Å². The number of carbonyl (C=O) groups excluding carboxylic acids is 1. The molecule has 2 N–H and O–H groups in total. The van der Waals surface area contributed by atoms with E-state index in [2.05, 4.69) is 5.32 Å². The van der Waals surface area contributed by atoms with E-state index in [1.807, 2.05) is 31.2 Å². The standard InChI is InChI=1S/C13H17NO4S/c1-9(10-4-3-5-11(6-10)18-2)14-12(15)7-19-8-13(16)17/h3-6,9H,7-8H2,1-2H3,(H,14,15)(H,16,17). The molecule has 0 bridgehead atoms. The van der Waals surface area contributed by atoms with Crippen molar-refractivity contribution in [2.75, 3.05) is 18.6 Å². The van der Waals surface area contributed by atoms with Crippen molar-refractivity contribution in [1.29, 1.82) is 0 Å². The molecule has 1 aromatic carbocycles. The fourth-order valence-corrected chi connectivity index (χ4v) is 2.05. The number of benzene rings is 1. The van der Waals surface area contributed by atoms with E-state index < -0.39 is 5.97 Å². The van der Waals surface area contributed by atoms with Gasteiger partial charge in [-0.25, -0.2) is 0 Å². The Labute approximate surface area is 116 Å². The van der Waals surface area contributed by atoms with Gasteiger partial charge in [-0.3, -0.25) is 9.59 Å². The molecule has 0 aliphatic rings. The van der Waals surface area contributed by atoms with Gasteiger partial charge in [-0.1, -0.05) is 12.1 Å². The van der Waals surface area contributed by atoms with Crippen molar-refractivity contribution in [3.63, 3.8) is 0 Å². The number of thioether (sulfide) groups is 1. The number of hydrogen-bond acceptors (Lipinski definition) is 4. The van der Waals surface area contributed by atoms with Crippen LogP contribution in [0.1, 0.15) is 18.5 Å². The molecule has 0 spiro atoms. The minimum Gasteiger partial charge on any atom is -0.497 e. The summed E-state index contributed by atoms with van der Waals surface area (Å²) >= 11 is 1.08. The predicted molar refractivity (Wildman–Crippen MR) is 74.5 cm³/mol. The molecule has 1 amide bonds. The predicted octanol–water partition coefficient (Wildman–Crippen LogP) is 1.69. The zero-order valence-electron chi connectivity index (χ0n) is 10.9. The van der Waals surface area contributed by atoms with Gasteiger partial charge >= 0.3 is 5.97 Å². The van der Waals surface area contributed by atoms with Crippen molar-refractivity contribution in [1.82, 2.24) is 5.32 Å². The summed E-state index contributed by atoms with van der Waals surface area (Å²) in [5.74, 6) is -0.291. The Bertz CT molecular complexity index is 450. The smallest absolute Gasteiger partial charge is 0.313 e. The Morgan fingerprint density at radius 1 is 1.42 bits per heavy atom. The van der Waals surface area contributed by atoms with Crippen molar-refractivity contribution in [3.8, 4) is 5.75 Å². The molecular formula is C13H17NO4S. The molecule has 0 fully saturated rings. The van der Waals surface area contributed by atoms with Crippen LogP contribution in [0.4, 0.5) is 0 Å². The first-order chi connectivity index (χ1) is 9.02. The van der Waals surface area contributed by atoms with E-state index in [0.29, 0.717) is 0 Å². The number of methoxy groups -OCH3 is 1. The van der Waals surface area contributed by atoms with Gasteiger partial charge in [0.05, 0.1) is 24.7 Å². The Kier molecular flexibility index (Phi) is 6.21. The third kappa shape index (κ3) is 5.65. The van der Waals surface area contributed by atoms with Crippen LogP contribution < -0.4 is 10.1 Å². The normalized spacial score (nSPS) is 11.7. The average Bonchev–Trinajstić information content (AvgIpc) is 2.38. The first kappa shape index (κ1) is 15.4. The highest BCUT2D eigenvalue weighted by Crippen LogP contribution is 2.18. The Morgan fingerprint density at radius 3 is 2.79 bits per heavy atom. The SMILES string of the molecule is COc1cccc(C(C)NC(=O)CSCC(=O)O)c1. The maximum absolute atomic E-state index is 11.6. The highest BCUT2D eigenvalue weighted by Gasteiger charge is 2.10. The lowest BCUT2D eigenvalue weighted by molar-refractivity contribution is -0.133. The Morgan fingerprint density at radius 2 is 2.16 bits per heavy atom. The van der Waals surface area contributed by atoms with Crippen molar-refractivity contribution < 1.29 is 19.4 Å². The molecule has 1 aromatic rings. The molecule has 19 heavy (non-hydrogen) atoms. The van der Waals surface area contributed by atoms with E-state index in [1.165, 1.54) is 0 Å². The van der Waals surface area contributed by atoms with Gasteiger partial charge in [0, 0.05) is 0 Å². The summed E-state index contributed by atoms with van der Waals surface area (Å²) in [6.07, 6.45) is 0. The molecule has 0 saturated heterocycles. The zero-order chi connectivity index (χ0) is 14.3. The fraction of sp³-hybridized carbons (Fsp3) is 0.385. The summed E-state index contributed by atoms with van der Waals surface area (Å²) in [5.41, 5.74) is 0.941. The summed E-state index contributed by atoms with van der Waals surface area (Å²) in [7, 11) is 1.59. The van der Waals surface area contributed by atoms with Crippen molar-refractivity contribution in [3.05, 3.63) is 29.8 Å². The van der Waals surface area contributed by atoms with Gasteiger partial charge in [-0.15, -0.1) is 11.8 Å². The van der Waals surface area contributed by atoms with Crippen LogP contribution in [-0.4, -0.2) is 35.6 Å². The van der Waals surface area contributed by atoms with Crippen LogP contribution in [0.3, 0.4) is 0 Å². The number of carboxylic acid groups (broad SMARTS) is 1. The Hall–Kier alpha value is -1.69. The summed E-state index contributed by atoms with van der Waals surface area (Å²) in [6, 6.07) is 7.30. The number of amides is 1. The van der Waals surface area contributed by atoms with Gasteiger partial charge in [-0.2, -0.15) is 0 Å². The molecule has 0 aromatic heterocycles. The number of rotatable bonds is 7. The third-order valence-corrected chi connectivity index (χ3v) is 3.35. The first-order valence-electron chi connectivity index (χ1n) is 5.75. The van der Waals surface area contributed by atoms with Crippen LogP contribution in [0.15, 0.2) is 24.3 Å². The average molecular weight is 283 g/mol. The van der Waals surface area contributed by atoms with E-state index in [4.69, 9.17) is 9.84 Å². The van der Waals surface area contributed by atoms with Crippen LogP contribution in [0, 0.1) is 0 Å². The van der Waals surface area contributed by atoms with Gasteiger partial charge in [0.2, 0.25) is 5.91 Å². The van der Waals surface area contributed by atoms with Crippen LogP contribution in [-0.2, 0) is 9.59 Å². The molecule has 1 unspecified atom stereocenters. The molecular weight excluding hydrogens is 266 g/mol. The molecule has 0 radical (unpaired) electrons. The maximum atomic E-state index is 11.6. The summed E-state index contributed by atoms with van der Waals surface area (Å²) in [5, 5.41) is 11.3. The number of carboxylic acids is 1. The second-order valence-electron chi connectivity index (χ2n) is 3.95. The molecule has 0 heterocycles. The second-order valence-corrected chi connectivity index (χ2v) is 4.94. The molecule has 0 saturated carbocycles. The van der Waals surface area contributed by atoms with E-state index in [-0.39, 0.29) is 23.5 Å². The first-order valence-corrected chi connectivity index (χ1v) is 6.91. The van der Waals surface area contributed by atoms with Crippen LogP contribution >= 0.6 is 11.8 Å². The van der Waals surface area contributed by atoms with Crippen LogP contribution in [0.25, 0.3) is 0 Å². The van der Waals surface area contributed by atoms with Crippen molar-refractivity contribution in [2.24, 2.45) is 0 Å². The minimum absolute atomic E-state index is 0.0685. The van der Waals surface area contributed by atoms with Gasteiger partial charge in [0.15, 0.2) is 0 Å². The molecule has 6 heteroatoms. The maximum Gasteiger partial charge on any atom is 0.313 e. The lowest BCUT2D eigenvalue weighted by Gasteiger charge is -2.14. The zero-order valence-corrected chi connectivity index (χ0v) is 11.7. The molecule has 1 rings (SSSR count). The third-order valence-electron chi connectivity index (χ3n) is 2.43. The van der Waals surface area contributed by atoms with Crippen LogP contribution in [0.2, 0.25) is 0 Å². The highest BCUT2D eigenvalue weighted by molar-refractivity contribution is 8.00. The van der Waals surface area contributed by atoms with Crippen molar-refractivity contribution in [2.45, 2.75) is 13.0 Å². The summed E-state index contributed by atoms with van der Waals surface area (Å²) < 4.78 is 5.12. The molecule has 104 valence electrons. The quantitative estimate of drug-likeness (QED) is 0.796. The number of carbonyl (C=O) groups is 2. The summed E-state index contributed by atoms with van der Waals surface area (Å²) in [4.78, 5) is 21.9. The number of ether oxygens (including phenoxy) is 1. The fourth-order valence-electron chi connectivity index (χ4n) is 1.51. The number of aliphatic carboxylic acids is 1. The van der Waals surface area contributed by atoms with E-state index in [9.17, 15) is 9.59 Å². The molecule has 1 atom stereocenters. The van der Waals surface area contributed by atoms with Gasteiger partial charge < -0.3 is 15.2 Å². The van der Waals surface area contributed by atoms with Gasteiger partial charge in [0.25, 0.3) is 0 Å². The lowest BCUT2D eigenvalue weighted by atomic mass is 10.1. The Balaban J connectivity index is 2.46. The summed E-state index contributed by atoms with van der Waals surface area (Å²) in [6.45, 7) is 1.87. The molecule has 0 aliphatic carbocycles. The van der Waals surface area contributed by atoms with E-state index in [0.717, 1.165) is 23.1 Å². The number of nitrogens with one attached hydrogen (secondary N) is 1. The topological polar surface area (TPSA) is 75.6 Å². The number of hydrogen-bond donors (Lipinski definition) is 2. The highest BCUT2D eigenvalue weighted by atomic mass is 32.2. The van der Waals surface area contributed by atoms with E-state index in [1.54, 1.807) is 7.11 Å². The van der Waals surface area contributed by atoms with E-state index >= 15 is 0 Å². The monoisotopic (exact) mass is 283 g/mol. The van der Waals surface area contributed by atoms with Gasteiger partial charge in [0.1, 0.15) is 5.75 Å². The second kappa shape index (κ2) is 7.68. The molecule has 0 aliphatic heterocycles. The van der Waals surface area contributed by atoms with Crippen molar-refractivity contribution >= 4 is 23.6 Å². The minimum atomic E-state index is -0.918.